The third kappa shape index (κ3) is 8.87. The molecule has 0 aliphatic carbocycles. The molecular formula is C29H33FN2O2S. The van der Waals surface area contributed by atoms with Crippen molar-refractivity contribution in [3.8, 4) is 0 Å². The van der Waals surface area contributed by atoms with Crippen LogP contribution in [0.2, 0.25) is 0 Å². The highest BCUT2D eigenvalue weighted by Crippen LogP contribution is 2.19. The lowest BCUT2D eigenvalue weighted by atomic mass is 10.0. The van der Waals surface area contributed by atoms with Crippen LogP contribution < -0.4 is 5.32 Å². The summed E-state index contributed by atoms with van der Waals surface area (Å²) in [7, 11) is 0. The molecular weight excluding hydrogens is 459 g/mol. The van der Waals surface area contributed by atoms with Crippen LogP contribution in [0, 0.1) is 5.82 Å². The van der Waals surface area contributed by atoms with E-state index in [2.05, 4.69) is 12.2 Å². The quantitative estimate of drug-likeness (QED) is 0.315. The fourth-order valence-electron chi connectivity index (χ4n) is 3.76. The number of halogens is 1. The molecule has 3 aromatic rings. The number of nitrogens with one attached hydrogen (secondary N) is 1. The van der Waals surface area contributed by atoms with Crippen molar-refractivity contribution in [1.29, 1.82) is 0 Å². The van der Waals surface area contributed by atoms with Crippen LogP contribution in [0.4, 0.5) is 4.39 Å². The SMILES string of the molecule is CCCCNC(=O)[C@@H](Cc1ccccc1)N(Cc1ccccc1)C(=O)CSCc1ccc(F)cc1. The highest BCUT2D eigenvalue weighted by Gasteiger charge is 2.30. The van der Waals surface area contributed by atoms with Gasteiger partial charge in [-0.15, -0.1) is 11.8 Å². The average molecular weight is 493 g/mol. The molecule has 0 saturated carbocycles. The third-order valence-electron chi connectivity index (χ3n) is 5.70. The van der Waals surface area contributed by atoms with E-state index in [4.69, 9.17) is 0 Å². The molecule has 0 aliphatic heterocycles. The van der Waals surface area contributed by atoms with Crippen LogP contribution in [0.1, 0.15) is 36.5 Å². The van der Waals surface area contributed by atoms with Crippen LogP contribution in [-0.2, 0) is 28.3 Å². The van der Waals surface area contributed by atoms with Gasteiger partial charge in [0.2, 0.25) is 11.8 Å². The van der Waals surface area contributed by atoms with Gasteiger partial charge in [0.25, 0.3) is 0 Å². The van der Waals surface area contributed by atoms with Gasteiger partial charge in [-0.25, -0.2) is 4.39 Å². The van der Waals surface area contributed by atoms with Crippen LogP contribution in [0.15, 0.2) is 84.9 Å². The molecule has 0 radical (unpaired) electrons. The van der Waals surface area contributed by atoms with Gasteiger partial charge in [-0.05, 0) is 35.2 Å². The number of thioether (sulfide) groups is 1. The first kappa shape index (κ1) is 26.5. The summed E-state index contributed by atoms with van der Waals surface area (Å²) in [6, 6.07) is 25.3. The van der Waals surface area contributed by atoms with Gasteiger partial charge in [-0.1, -0.05) is 86.1 Å². The zero-order valence-corrected chi connectivity index (χ0v) is 21.0. The molecule has 184 valence electrons. The van der Waals surface area contributed by atoms with E-state index in [1.54, 1.807) is 17.0 Å². The normalized spacial score (nSPS) is 11.6. The van der Waals surface area contributed by atoms with E-state index in [-0.39, 0.29) is 23.4 Å². The summed E-state index contributed by atoms with van der Waals surface area (Å²) < 4.78 is 13.2. The standard InChI is InChI=1S/C29H33FN2O2S/c1-2-3-18-31-29(34)27(19-23-10-6-4-7-11-23)32(20-24-12-8-5-9-13-24)28(33)22-35-21-25-14-16-26(30)17-15-25/h4-17,27H,2-3,18-22H2,1H3,(H,31,34)/t27-/m1/s1. The topological polar surface area (TPSA) is 49.4 Å². The summed E-state index contributed by atoms with van der Waals surface area (Å²) in [5.41, 5.74) is 2.94. The van der Waals surface area contributed by atoms with Crippen molar-refractivity contribution in [2.45, 2.75) is 44.5 Å². The highest BCUT2D eigenvalue weighted by atomic mass is 32.2. The molecule has 6 heteroatoms. The summed E-state index contributed by atoms with van der Waals surface area (Å²) >= 11 is 1.47. The molecule has 0 aliphatic rings. The van der Waals surface area contributed by atoms with Crippen LogP contribution in [0.3, 0.4) is 0 Å². The van der Waals surface area contributed by atoms with Crippen molar-refractivity contribution in [3.05, 3.63) is 107 Å². The Morgan fingerprint density at radius 2 is 1.51 bits per heavy atom. The Balaban J connectivity index is 1.79. The minimum Gasteiger partial charge on any atom is -0.354 e. The van der Waals surface area contributed by atoms with Crippen molar-refractivity contribution in [2.75, 3.05) is 12.3 Å². The maximum Gasteiger partial charge on any atom is 0.243 e. The lowest BCUT2D eigenvalue weighted by molar-refractivity contribution is -0.139. The lowest BCUT2D eigenvalue weighted by Crippen LogP contribution is -2.51. The van der Waals surface area contributed by atoms with E-state index in [1.807, 2.05) is 60.7 Å². The first-order valence-corrected chi connectivity index (χ1v) is 13.2. The van der Waals surface area contributed by atoms with Crippen LogP contribution in [0.25, 0.3) is 0 Å². The van der Waals surface area contributed by atoms with Gasteiger partial charge in [0.1, 0.15) is 11.9 Å². The molecule has 35 heavy (non-hydrogen) atoms. The van der Waals surface area contributed by atoms with Gasteiger partial charge in [0.05, 0.1) is 5.75 Å². The van der Waals surface area contributed by atoms with Crippen molar-refractivity contribution in [1.82, 2.24) is 10.2 Å². The van der Waals surface area contributed by atoms with Crippen LogP contribution >= 0.6 is 11.8 Å². The minimum absolute atomic E-state index is 0.0902. The van der Waals surface area contributed by atoms with Gasteiger partial charge in [0.15, 0.2) is 0 Å². The van der Waals surface area contributed by atoms with Gasteiger partial charge in [0, 0.05) is 25.3 Å². The molecule has 0 bridgehead atoms. The number of nitrogens with zero attached hydrogens (tertiary/aromatic N) is 1. The molecule has 0 fully saturated rings. The second-order valence-corrected chi connectivity index (χ2v) is 9.46. The fraction of sp³-hybridized carbons (Fsp3) is 0.310. The van der Waals surface area contributed by atoms with E-state index >= 15 is 0 Å². The van der Waals surface area contributed by atoms with Crippen LogP contribution in [-0.4, -0.2) is 35.1 Å². The molecule has 2 amide bonds. The number of carbonyl (C=O) groups is 2. The largest absolute Gasteiger partial charge is 0.354 e. The smallest absolute Gasteiger partial charge is 0.243 e. The number of hydrogen-bond acceptors (Lipinski definition) is 3. The Kier molecular flexibility index (Phi) is 10.8. The number of amides is 2. The van der Waals surface area contributed by atoms with Gasteiger partial charge < -0.3 is 10.2 Å². The zero-order valence-electron chi connectivity index (χ0n) is 20.2. The molecule has 1 atom stereocenters. The number of benzene rings is 3. The van der Waals surface area contributed by atoms with Gasteiger partial charge >= 0.3 is 0 Å². The van der Waals surface area contributed by atoms with E-state index in [0.29, 0.717) is 25.3 Å². The third-order valence-corrected chi connectivity index (χ3v) is 6.69. The maximum absolute atomic E-state index is 13.5. The molecule has 0 aromatic heterocycles. The number of unbranched alkanes of at least 4 members (excludes halogenated alkanes) is 1. The number of rotatable bonds is 13. The van der Waals surface area contributed by atoms with Gasteiger partial charge in [-0.3, -0.25) is 9.59 Å². The second kappa shape index (κ2) is 14.3. The number of carbonyl (C=O) groups excluding carboxylic acids is 2. The summed E-state index contributed by atoms with van der Waals surface area (Å²) in [6.45, 7) is 3.03. The minimum atomic E-state index is -0.617. The molecule has 1 N–H and O–H groups in total. The Bertz CT molecular complexity index is 1050. The lowest BCUT2D eigenvalue weighted by Gasteiger charge is -2.31. The molecule has 0 unspecified atom stereocenters. The highest BCUT2D eigenvalue weighted by molar-refractivity contribution is 7.99. The van der Waals surface area contributed by atoms with Crippen molar-refractivity contribution in [2.24, 2.45) is 0 Å². The van der Waals surface area contributed by atoms with E-state index in [9.17, 15) is 14.0 Å². The van der Waals surface area contributed by atoms with Crippen molar-refractivity contribution in [3.63, 3.8) is 0 Å². The summed E-state index contributed by atoms with van der Waals surface area (Å²) in [6.07, 6.45) is 2.32. The molecule has 4 nitrogen and oxygen atoms in total. The monoisotopic (exact) mass is 492 g/mol. The maximum atomic E-state index is 13.5. The zero-order chi connectivity index (χ0) is 24.9. The Labute approximate surface area is 211 Å². The van der Waals surface area contributed by atoms with Crippen molar-refractivity contribution < 1.29 is 14.0 Å². The Morgan fingerprint density at radius 3 is 2.14 bits per heavy atom. The molecule has 0 spiro atoms. The van der Waals surface area contributed by atoms with E-state index in [0.717, 1.165) is 29.5 Å². The molecule has 3 aromatic carbocycles. The molecule has 3 rings (SSSR count). The summed E-state index contributed by atoms with van der Waals surface area (Å²) in [4.78, 5) is 28.6. The number of hydrogen-bond donors (Lipinski definition) is 1. The fourth-order valence-corrected chi connectivity index (χ4v) is 4.63. The van der Waals surface area contributed by atoms with E-state index in [1.165, 1.54) is 23.9 Å². The Morgan fingerprint density at radius 1 is 0.886 bits per heavy atom. The molecule has 0 saturated heterocycles. The first-order chi connectivity index (χ1) is 17.1. The average Bonchev–Trinajstić information content (AvgIpc) is 2.88. The Hall–Kier alpha value is -3.12. The van der Waals surface area contributed by atoms with E-state index < -0.39 is 6.04 Å². The predicted molar refractivity (Wildman–Crippen MR) is 141 cm³/mol. The van der Waals surface area contributed by atoms with Gasteiger partial charge in [-0.2, -0.15) is 0 Å². The molecule has 0 heterocycles. The second-order valence-electron chi connectivity index (χ2n) is 8.48. The predicted octanol–water partition coefficient (Wildman–Crippen LogP) is 5.62. The van der Waals surface area contributed by atoms with Crippen LogP contribution in [0.5, 0.6) is 0 Å². The summed E-state index contributed by atoms with van der Waals surface area (Å²) in [5, 5.41) is 3.04. The van der Waals surface area contributed by atoms with Crippen molar-refractivity contribution >= 4 is 23.6 Å². The summed E-state index contributed by atoms with van der Waals surface area (Å²) in [5.74, 6) is 0.332. The first-order valence-electron chi connectivity index (χ1n) is 12.0.